The predicted octanol–water partition coefficient (Wildman–Crippen LogP) is 1.30. The minimum atomic E-state index is -0.164. The molecule has 0 spiro atoms. The number of nitrogen functional groups attached to an aromatic ring is 1. The van der Waals surface area contributed by atoms with Crippen molar-refractivity contribution < 1.29 is 4.79 Å². The third kappa shape index (κ3) is 2.18. The summed E-state index contributed by atoms with van der Waals surface area (Å²) in [7, 11) is 0. The zero-order valence-electron chi connectivity index (χ0n) is 9.55. The predicted molar refractivity (Wildman–Crippen MR) is 61.9 cm³/mol. The molecule has 88 valence electrons. The molecule has 0 aliphatic heterocycles. The van der Waals surface area contributed by atoms with E-state index in [1.807, 2.05) is 0 Å². The standard InChI is InChI=1S/C11H18N4O/c1-11(4-2-3-5-11)7-13-10(16)9-8(12)6-14-15-9/h6H,2-5,7,12H2,1H3,(H,13,16)(H,14,15). The maximum atomic E-state index is 11.8. The number of nitrogens with zero attached hydrogens (tertiary/aromatic N) is 1. The lowest BCUT2D eigenvalue weighted by atomic mass is 9.89. The fraction of sp³-hybridized carbons (Fsp3) is 0.636. The lowest BCUT2D eigenvalue weighted by Gasteiger charge is -2.23. The topological polar surface area (TPSA) is 83.8 Å². The number of anilines is 1. The molecular formula is C11H18N4O. The Bertz CT molecular complexity index is 379. The molecule has 2 rings (SSSR count). The van der Waals surface area contributed by atoms with Gasteiger partial charge in [0.25, 0.3) is 5.91 Å². The molecule has 1 saturated carbocycles. The summed E-state index contributed by atoms with van der Waals surface area (Å²) < 4.78 is 0. The maximum Gasteiger partial charge on any atom is 0.271 e. The molecule has 1 aliphatic carbocycles. The zero-order chi connectivity index (χ0) is 11.6. The summed E-state index contributed by atoms with van der Waals surface area (Å²) in [5.41, 5.74) is 6.62. The Hall–Kier alpha value is -1.52. The fourth-order valence-corrected chi connectivity index (χ4v) is 2.26. The molecule has 0 aromatic carbocycles. The van der Waals surface area contributed by atoms with Gasteiger partial charge >= 0.3 is 0 Å². The number of nitrogens with two attached hydrogens (primary N) is 1. The molecule has 1 amide bonds. The van der Waals surface area contributed by atoms with Crippen molar-refractivity contribution in [2.24, 2.45) is 5.41 Å². The summed E-state index contributed by atoms with van der Waals surface area (Å²) in [6, 6.07) is 0. The number of hydrogen-bond donors (Lipinski definition) is 3. The van der Waals surface area contributed by atoms with Crippen LogP contribution < -0.4 is 11.1 Å². The highest BCUT2D eigenvalue weighted by Crippen LogP contribution is 2.36. The summed E-state index contributed by atoms with van der Waals surface area (Å²) in [5, 5.41) is 9.25. The first-order chi connectivity index (χ1) is 7.61. The van der Waals surface area contributed by atoms with Crippen LogP contribution in [0.1, 0.15) is 43.1 Å². The molecule has 1 fully saturated rings. The minimum Gasteiger partial charge on any atom is -0.396 e. The van der Waals surface area contributed by atoms with Crippen LogP contribution in [-0.4, -0.2) is 22.6 Å². The van der Waals surface area contributed by atoms with Crippen molar-refractivity contribution in [2.45, 2.75) is 32.6 Å². The summed E-state index contributed by atoms with van der Waals surface area (Å²) >= 11 is 0. The van der Waals surface area contributed by atoms with Gasteiger partial charge in [0.15, 0.2) is 0 Å². The lowest BCUT2D eigenvalue weighted by molar-refractivity contribution is 0.0930. The largest absolute Gasteiger partial charge is 0.396 e. The van der Waals surface area contributed by atoms with E-state index in [2.05, 4.69) is 22.4 Å². The quantitative estimate of drug-likeness (QED) is 0.720. The van der Waals surface area contributed by atoms with Gasteiger partial charge in [0.05, 0.1) is 11.9 Å². The van der Waals surface area contributed by atoms with Crippen LogP contribution in [0.3, 0.4) is 0 Å². The van der Waals surface area contributed by atoms with Crippen LogP contribution in [-0.2, 0) is 0 Å². The van der Waals surface area contributed by atoms with Gasteiger partial charge in [-0.15, -0.1) is 0 Å². The number of amides is 1. The average Bonchev–Trinajstić information content (AvgIpc) is 2.85. The molecule has 0 atom stereocenters. The van der Waals surface area contributed by atoms with Crippen molar-refractivity contribution in [3.05, 3.63) is 11.9 Å². The molecule has 0 unspecified atom stereocenters. The Kier molecular flexibility index (Phi) is 2.85. The van der Waals surface area contributed by atoms with E-state index in [0.29, 0.717) is 17.9 Å². The van der Waals surface area contributed by atoms with Crippen molar-refractivity contribution in [3.8, 4) is 0 Å². The Labute approximate surface area is 94.8 Å². The first-order valence-electron chi connectivity index (χ1n) is 5.68. The van der Waals surface area contributed by atoms with E-state index in [1.54, 1.807) is 0 Å². The van der Waals surface area contributed by atoms with Gasteiger partial charge in [-0.25, -0.2) is 0 Å². The summed E-state index contributed by atoms with van der Waals surface area (Å²) in [6.45, 7) is 2.93. The van der Waals surface area contributed by atoms with E-state index >= 15 is 0 Å². The van der Waals surface area contributed by atoms with Crippen molar-refractivity contribution in [2.75, 3.05) is 12.3 Å². The molecule has 1 aliphatic rings. The molecule has 5 nitrogen and oxygen atoms in total. The second-order valence-electron chi connectivity index (χ2n) is 4.90. The highest BCUT2D eigenvalue weighted by molar-refractivity contribution is 5.96. The summed E-state index contributed by atoms with van der Waals surface area (Å²) in [4.78, 5) is 11.8. The van der Waals surface area contributed by atoms with Crippen LogP contribution in [0.5, 0.6) is 0 Å². The van der Waals surface area contributed by atoms with Gasteiger partial charge in [-0.2, -0.15) is 5.10 Å². The molecule has 5 heteroatoms. The van der Waals surface area contributed by atoms with Crippen molar-refractivity contribution >= 4 is 11.6 Å². The Morgan fingerprint density at radius 1 is 1.62 bits per heavy atom. The summed E-state index contributed by atoms with van der Waals surface area (Å²) in [5.74, 6) is -0.164. The first kappa shape index (κ1) is 11.0. The summed E-state index contributed by atoms with van der Waals surface area (Å²) in [6.07, 6.45) is 6.35. The lowest BCUT2D eigenvalue weighted by Crippen LogP contribution is -2.34. The molecular weight excluding hydrogens is 204 g/mol. The maximum absolute atomic E-state index is 11.8. The van der Waals surface area contributed by atoms with Gasteiger partial charge in [0.2, 0.25) is 0 Å². The van der Waals surface area contributed by atoms with Crippen LogP contribution in [0.25, 0.3) is 0 Å². The fourth-order valence-electron chi connectivity index (χ4n) is 2.26. The number of nitrogens with one attached hydrogen (secondary N) is 2. The van der Waals surface area contributed by atoms with Gasteiger partial charge in [-0.05, 0) is 18.3 Å². The minimum absolute atomic E-state index is 0.164. The highest BCUT2D eigenvalue weighted by Gasteiger charge is 2.29. The van der Waals surface area contributed by atoms with E-state index in [4.69, 9.17) is 5.73 Å². The van der Waals surface area contributed by atoms with E-state index in [-0.39, 0.29) is 11.3 Å². The van der Waals surface area contributed by atoms with E-state index < -0.39 is 0 Å². The average molecular weight is 222 g/mol. The number of carbonyl (C=O) groups excluding carboxylic acids is 1. The Morgan fingerprint density at radius 2 is 2.31 bits per heavy atom. The molecule has 16 heavy (non-hydrogen) atoms. The Morgan fingerprint density at radius 3 is 2.88 bits per heavy atom. The van der Waals surface area contributed by atoms with Gasteiger partial charge in [0.1, 0.15) is 5.69 Å². The second-order valence-corrected chi connectivity index (χ2v) is 4.90. The monoisotopic (exact) mass is 222 g/mol. The van der Waals surface area contributed by atoms with Gasteiger partial charge in [-0.3, -0.25) is 9.89 Å². The van der Waals surface area contributed by atoms with E-state index in [1.165, 1.54) is 31.9 Å². The third-order valence-electron chi connectivity index (χ3n) is 3.38. The molecule has 0 saturated heterocycles. The van der Waals surface area contributed by atoms with Crippen LogP contribution >= 0.6 is 0 Å². The van der Waals surface area contributed by atoms with Crippen LogP contribution in [0.15, 0.2) is 6.20 Å². The number of H-pyrrole nitrogens is 1. The SMILES string of the molecule is CC1(CNC(=O)c2[nH]ncc2N)CCCC1. The number of carbonyl (C=O) groups is 1. The molecule has 1 aromatic heterocycles. The second kappa shape index (κ2) is 4.15. The number of rotatable bonds is 3. The first-order valence-corrected chi connectivity index (χ1v) is 5.68. The van der Waals surface area contributed by atoms with Gasteiger partial charge in [-0.1, -0.05) is 19.8 Å². The normalized spacial score (nSPS) is 18.6. The van der Waals surface area contributed by atoms with E-state index in [0.717, 1.165) is 0 Å². The third-order valence-corrected chi connectivity index (χ3v) is 3.38. The zero-order valence-corrected chi connectivity index (χ0v) is 9.55. The van der Waals surface area contributed by atoms with Crippen molar-refractivity contribution in [1.82, 2.24) is 15.5 Å². The van der Waals surface area contributed by atoms with Crippen LogP contribution in [0.4, 0.5) is 5.69 Å². The van der Waals surface area contributed by atoms with Crippen molar-refractivity contribution in [1.29, 1.82) is 0 Å². The number of aromatic nitrogens is 2. The number of aromatic amines is 1. The van der Waals surface area contributed by atoms with Gasteiger partial charge in [0, 0.05) is 6.54 Å². The van der Waals surface area contributed by atoms with Gasteiger partial charge < -0.3 is 11.1 Å². The smallest absolute Gasteiger partial charge is 0.271 e. The van der Waals surface area contributed by atoms with Crippen molar-refractivity contribution in [3.63, 3.8) is 0 Å². The molecule has 1 heterocycles. The Balaban J connectivity index is 1.91. The number of hydrogen-bond acceptors (Lipinski definition) is 3. The molecule has 0 bridgehead atoms. The molecule has 0 radical (unpaired) electrons. The van der Waals surface area contributed by atoms with E-state index in [9.17, 15) is 4.79 Å². The van der Waals surface area contributed by atoms with Crippen LogP contribution in [0.2, 0.25) is 0 Å². The van der Waals surface area contributed by atoms with Crippen LogP contribution in [0, 0.1) is 5.41 Å². The molecule has 1 aromatic rings. The highest BCUT2D eigenvalue weighted by atomic mass is 16.1. The molecule has 4 N–H and O–H groups in total.